The number of hydrogen-bond acceptors (Lipinski definition) is 8. The van der Waals surface area contributed by atoms with E-state index in [-0.39, 0.29) is 10.9 Å². The highest BCUT2D eigenvalue weighted by molar-refractivity contribution is 7.14. The molecule has 0 aromatic carbocycles. The zero-order valence-corrected chi connectivity index (χ0v) is 44.6. The number of aryl methyl sites for hydroxylation is 2. The molecule has 0 spiro atoms. The highest BCUT2D eigenvalue weighted by Gasteiger charge is 2.06. The van der Waals surface area contributed by atoms with Crippen LogP contribution in [0.5, 0.6) is 0 Å². The monoisotopic (exact) mass is 938 g/mol. The molecule has 0 aliphatic rings. The van der Waals surface area contributed by atoms with E-state index in [1.54, 1.807) is 42.1 Å². The van der Waals surface area contributed by atoms with Gasteiger partial charge in [-0.05, 0) is 152 Å². The van der Waals surface area contributed by atoms with E-state index in [0.717, 1.165) is 15.4 Å². The van der Waals surface area contributed by atoms with Gasteiger partial charge < -0.3 is 8.98 Å². The van der Waals surface area contributed by atoms with Crippen molar-refractivity contribution in [1.29, 1.82) is 0 Å². The molecule has 0 aliphatic heterocycles. The van der Waals surface area contributed by atoms with Crippen molar-refractivity contribution in [1.82, 2.24) is 9.55 Å². The average molecular weight is 940 g/mol. The summed E-state index contributed by atoms with van der Waals surface area (Å²) in [5.41, 5.74) is 3.81. The Hall–Kier alpha value is -3.41. The Bertz CT molecular complexity index is 1910. The molecular weight excluding hydrogens is 864 g/mol. The lowest BCUT2D eigenvalue weighted by Crippen LogP contribution is -1.95. The quantitative estimate of drug-likeness (QED) is 0.143. The van der Waals surface area contributed by atoms with Crippen LogP contribution in [-0.4, -0.2) is 15.3 Å². The molecule has 342 valence electrons. The zero-order chi connectivity index (χ0) is 46.9. The minimum absolute atomic E-state index is 0.0845. The number of Topliss-reactive ketones (excluding diaryl/α,β-unsaturated/α-hetero) is 1. The second kappa shape index (κ2) is 30.6. The molecule has 7 aromatic rings. The molecule has 0 radical (unpaired) electrons. The van der Waals surface area contributed by atoms with Gasteiger partial charge in [-0.15, -0.1) is 45.3 Å². The second-order valence-corrected chi connectivity index (χ2v) is 22.2. The number of rotatable bonds is 8. The minimum Gasteiger partial charge on any atom is -0.472 e. The largest absolute Gasteiger partial charge is 0.472 e. The lowest BCUT2D eigenvalue weighted by molar-refractivity contribution is 0.102. The molecule has 0 aliphatic carbocycles. The predicted octanol–water partition coefficient (Wildman–Crippen LogP) is 19.2. The summed E-state index contributed by atoms with van der Waals surface area (Å²) < 4.78 is 19.3. The summed E-state index contributed by atoms with van der Waals surface area (Å²) in [5.74, 6) is 3.85. The average Bonchev–Trinajstić information content (AvgIpc) is 4.06. The van der Waals surface area contributed by atoms with Crippen molar-refractivity contribution in [3.05, 3.63) is 153 Å². The van der Waals surface area contributed by atoms with Gasteiger partial charge in [0.15, 0.2) is 10.9 Å². The smallest absolute Gasteiger partial charge is 0.176 e. The number of halogens is 1. The Balaban J connectivity index is 0.000000363. The third-order valence-electron chi connectivity index (χ3n) is 8.89. The van der Waals surface area contributed by atoms with Gasteiger partial charge in [0.1, 0.15) is 0 Å². The van der Waals surface area contributed by atoms with Crippen LogP contribution in [0.1, 0.15) is 196 Å². The Morgan fingerprint density at radius 1 is 0.629 bits per heavy atom. The van der Waals surface area contributed by atoms with E-state index in [0.29, 0.717) is 41.5 Å². The summed E-state index contributed by atoms with van der Waals surface area (Å²) >= 11 is 8.32. The topological polar surface area (TPSA) is 48.0 Å². The third kappa shape index (κ3) is 23.9. The molecule has 62 heavy (non-hydrogen) atoms. The highest BCUT2D eigenvalue weighted by atomic mass is 32.1. The molecule has 0 bridgehead atoms. The van der Waals surface area contributed by atoms with Crippen LogP contribution in [0, 0.1) is 19.0 Å². The van der Waals surface area contributed by atoms with E-state index in [2.05, 4.69) is 160 Å². The molecule has 10 heteroatoms. The normalized spacial score (nSPS) is 10.5. The van der Waals surface area contributed by atoms with Crippen molar-refractivity contribution >= 4 is 62.5 Å². The van der Waals surface area contributed by atoms with Crippen LogP contribution in [0.3, 0.4) is 0 Å². The first-order valence-electron chi connectivity index (χ1n) is 21.6. The van der Waals surface area contributed by atoms with Gasteiger partial charge in [0.25, 0.3) is 0 Å². The highest BCUT2D eigenvalue weighted by Crippen LogP contribution is 2.25. The molecule has 0 amide bonds. The van der Waals surface area contributed by atoms with Gasteiger partial charge in [0.05, 0.1) is 29.4 Å². The van der Waals surface area contributed by atoms with Gasteiger partial charge in [-0.3, -0.25) is 4.79 Å². The molecule has 0 unspecified atom stereocenters. The van der Waals surface area contributed by atoms with Crippen molar-refractivity contribution in [2.45, 2.75) is 159 Å². The number of aromatic nitrogens is 2. The zero-order valence-electron chi connectivity index (χ0n) is 40.5. The van der Waals surface area contributed by atoms with Crippen molar-refractivity contribution < 1.29 is 13.6 Å². The summed E-state index contributed by atoms with van der Waals surface area (Å²) in [4.78, 5) is 22.7. The number of ketones is 1. The molecule has 0 fully saturated rings. The second-order valence-electron chi connectivity index (χ2n) is 17.0. The van der Waals surface area contributed by atoms with Crippen LogP contribution in [-0.2, 0) is 0 Å². The Kier molecular flexibility index (Phi) is 28.0. The van der Waals surface area contributed by atoms with Crippen molar-refractivity contribution in [3.8, 4) is 0 Å². The standard InChI is InChI=1S/C9H12OS.C8H12S.C7H9FS.C7H12N2.C7H10O.2C7H10S/c1-6(2)8-4-5-9(11-8)7(3)10;1-6(2)8-5-4-7(3)9-8;1-5(2)6-3-4-7(8)9-6;1-6(2)9-4-7(3)8-5-9;2*1-6(2)7-3-4-8-5-7;1-6(2)7-4-3-5-8-7/h4-6H,1-3H3;4-6H,1-3H3;3-5H,1-2H3;4-6H,1-3H3;3*3-6H,1-2H3. The molecule has 0 saturated heterocycles. The summed E-state index contributed by atoms with van der Waals surface area (Å²) in [6, 6.07) is 20.7. The van der Waals surface area contributed by atoms with E-state index >= 15 is 0 Å². The van der Waals surface area contributed by atoms with Gasteiger partial charge in [0, 0.05) is 36.6 Å². The van der Waals surface area contributed by atoms with E-state index in [1.165, 1.54) is 48.0 Å². The Labute approximate surface area is 395 Å². The van der Waals surface area contributed by atoms with Crippen LogP contribution in [0.4, 0.5) is 4.39 Å². The maximum atomic E-state index is 12.3. The fourth-order valence-electron chi connectivity index (χ4n) is 4.80. The fourth-order valence-corrected chi connectivity index (χ4v) is 8.89. The van der Waals surface area contributed by atoms with Crippen molar-refractivity contribution in [2.75, 3.05) is 0 Å². The molecule has 7 rings (SSSR count). The lowest BCUT2D eigenvalue weighted by atomic mass is 10.1. The van der Waals surface area contributed by atoms with E-state index in [1.807, 2.05) is 66.4 Å². The fraction of sp³-hybridized carbons (Fsp3) is 0.462. The molecule has 0 N–H and O–H groups in total. The maximum absolute atomic E-state index is 12.3. The number of nitrogens with zero attached hydrogens (tertiary/aromatic N) is 2. The molecule has 4 nitrogen and oxygen atoms in total. The molecule has 7 heterocycles. The molecule has 0 atom stereocenters. The summed E-state index contributed by atoms with van der Waals surface area (Å²) in [6.07, 6.45) is 7.39. The van der Waals surface area contributed by atoms with Crippen molar-refractivity contribution in [3.63, 3.8) is 0 Å². The molecule has 7 aromatic heterocycles. The first-order chi connectivity index (χ1) is 29.1. The summed E-state index contributed by atoms with van der Waals surface area (Å²) in [6.45, 7) is 36.0. The van der Waals surface area contributed by atoms with Crippen LogP contribution in [0.2, 0.25) is 0 Å². The first kappa shape index (κ1) is 56.6. The number of hydrogen-bond donors (Lipinski definition) is 0. The SMILES string of the molecule is CC(=O)c1ccc(C(C)C)s1.CC(C)c1ccc(F)s1.CC(C)c1cccs1.CC(C)c1ccoc1.CC(C)c1ccsc1.Cc1ccc(C(C)C)s1.Cc1cn(C(C)C)cn1. The van der Waals surface area contributed by atoms with Crippen molar-refractivity contribution in [2.24, 2.45) is 0 Å². The predicted molar refractivity (Wildman–Crippen MR) is 277 cm³/mol. The van der Waals surface area contributed by atoms with Crippen LogP contribution in [0.25, 0.3) is 0 Å². The number of furan rings is 1. The maximum Gasteiger partial charge on any atom is 0.176 e. The molecular formula is C52H75FN2O2S5. The third-order valence-corrected chi connectivity index (χ3v) is 14.7. The van der Waals surface area contributed by atoms with Gasteiger partial charge in [-0.25, -0.2) is 4.98 Å². The van der Waals surface area contributed by atoms with Gasteiger partial charge in [-0.2, -0.15) is 15.7 Å². The van der Waals surface area contributed by atoms with Gasteiger partial charge in [-0.1, -0.05) is 89.2 Å². The number of carbonyl (C=O) groups excluding carboxylic acids is 1. The minimum atomic E-state index is -0.0845. The number of imidazole rings is 1. The summed E-state index contributed by atoms with van der Waals surface area (Å²) in [5, 5.41) is 6.36. The van der Waals surface area contributed by atoms with Crippen LogP contribution < -0.4 is 0 Å². The Morgan fingerprint density at radius 3 is 1.44 bits per heavy atom. The van der Waals surface area contributed by atoms with Crippen LogP contribution in [0.15, 0.2) is 106 Å². The molecule has 0 saturated carbocycles. The van der Waals surface area contributed by atoms with E-state index < -0.39 is 0 Å². The Morgan fingerprint density at radius 2 is 1.19 bits per heavy atom. The number of thiophene rings is 5. The number of carbonyl (C=O) groups is 1. The van der Waals surface area contributed by atoms with E-state index in [9.17, 15) is 9.18 Å². The first-order valence-corrected chi connectivity index (χ1v) is 25.9. The lowest BCUT2D eigenvalue weighted by Gasteiger charge is -2.02. The van der Waals surface area contributed by atoms with Gasteiger partial charge in [0.2, 0.25) is 0 Å². The van der Waals surface area contributed by atoms with Crippen LogP contribution >= 0.6 is 56.7 Å². The summed E-state index contributed by atoms with van der Waals surface area (Å²) in [7, 11) is 0. The van der Waals surface area contributed by atoms with Gasteiger partial charge >= 0.3 is 0 Å². The van der Waals surface area contributed by atoms with E-state index in [4.69, 9.17) is 4.42 Å².